The third-order valence-electron chi connectivity index (χ3n) is 3.93. The van der Waals surface area contributed by atoms with E-state index in [1.807, 2.05) is 31.2 Å². The number of aryl methyl sites for hydroxylation is 1. The maximum atomic E-state index is 12.5. The summed E-state index contributed by atoms with van der Waals surface area (Å²) in [6, 6.07) is 7.60. The van der Waals surface area contributed by atoms with Crippen molar-refractivity contribution in [2.75, 3.05) is 13.1 Å². The quantitative estimate of drug-likeness (QED) is 0.923. The van der Waals surface area contributed by atoms with E-state index >= 15 is 0 Å². The number of rotatable bonds is 4. The fourth-order valence-electron chi connectivity index (χ4n) is 2.72. The van der Waals surface area contributed by atoms with E-state index in [4.69, 9.17) is 0 Å². The lowest BCUT2D eigenvalue weighted by molar-refractivity contribution is 0.0885. The van der Waals surface area contributed by atoms with E-state index < -0.39 is 16.1 Å². The zero-order chi connectivity index (χ0) is 14.8. The predicted octanol–water partition coefficient (Wildman–Crippen LogP) is 1.92. The van der Waals surface area contributed by atoms with Gasteiger partial charge < -0.3 is 5.11 Å². The monoisotopic (exact) mass is 297 g/mol. The van der Waals surface area contributed by atoms with Gasteiger partial charge in [0.2, 0.25) is 10.0 Å². The third kappa shape index (κ3) is 3.81. The van der Waals surface area contributed by atoms with Crippen molar-refractivity contribution < 1.29 is 13.5 Å². The molecule has 1 heterocycles. The van der Waals surface area contributed by atoms with E-state index in [1.165, 1.54) is 4.31 Å². The first kappa shape index (κ1) is 15.5. The number of aliphatic hydroxyl groups excluding tert-OH is 1. The van der Waals surface area contributed by atoms with Crippen LogP contribution in [0.15, 0.2) is 24.3 Å². The van der Waals surface area contributed by atoms with Crippen molar-refractivity contribution in [3.8, 4) is 0 Å². The average Bonchev–Trinajstić information content (AvgIpc) is 2.38. The van der Waals surface area contributed by atoms with Crippen LogP contribution in [0, 0.1) is 12.8 Å². The summed E-state index contributed by atoms with van der Waals surface area (Å²) in [5, 5.41) is 9.67. The summed E-state index contributed by atoms with van der Waals surface area (Å²) < 4.78 is 26.5. The molecule has 1 aliphatic heterocycles. The number of piperidine rings is 1. The van der Waals surface area contributed by atoms with Gasteiger partial charge in [0.1, 0.15) is 0 Å². The summed E-state index contributed by atoms with van der Waals surface area (Å²) in [7, 11) is -3.30. The van der Waals surface area contributed by atoms with Crippen LogP contribution in [0.1, 0.15) is 30.9 Å². The first-order valence-corrected chi connectivity index (χ1v) is 8.71. The molecule has 4 nitrogen and oxygen atoms in total. The molecule has 1 aliphatic rings. The van der Waals surface area contributed by atoms with Gasteiger partial charge in [-0.25, -0.2) is 12.7 Å². The maximum absolute atomic E-state index is 12.5. The SMILES string of the molecule is Cc1cccc(CS(=O)(=O)N2CCCC(C(C)O)C2)c1. The minimum absolute atomic E-state index is 0.0429. The van der Waals surface area contributed by atoms with Crippen molar-refractivity contribution in [3.05, 3.63) is 35.4 Å². The minimum Gasteiger partial charge on any atom is -0.393 e. The number of benzene rings is 1. The summed E-state index contributed by atoms with van der Waals surface area (Å²) >= 11 is 0. The van der Waals surface area contributed by atoms with Crippen molar-refractivity contribution in [1.29, 1.82) is 0 Å². The first-order valence-electron chi connectivity index (χ1n) is 7.10. The average molecular weight is 297 g/mol. The van der Waals surface area contributed by atoms with Crippen LogP contribution in [0.5, 0.6) is 0 Å². The zero-order valence-electron chi connectivity index (χ0n) is 12.1. The minimum atomic E-state index is -3.30. The smallest absolute Gasteiger partial charge is 0.218 e. The molecule has 0 radical (unpaired) electrons. The fraction of sp³-hybridized carbons (Fsp3) is 0.600. The molecule has 2 unspecified atom stereocenters. The molecule has 0 aliphatic carbocycles. The van der Waals surface area contributed by atoms with Gasteiger partial charge in [0.15, 0.2) is 0 Å². The predicted molar refractivity (Wildman–Crippen MR) is 79.8 cm³/mol. The van der Waals surface area contributed by atoms with Crippen molar-refractivity contribution in [3.63, 3.8) is 0 Å². The Hall–Kier alpha value is -0.910. The van der Waals surface area contributed by atoms with Gasteiger partial charge >= 0.3 is 0 Å². The molecule has 1 saturated heterocycles. The topological polar surface area (TPSA) is 57.6 Å². The Balaban J connectivity index is 2.10. The zero-order valence-corrected chi connectivity index (χ0v) is 12.9. The second kappa shape index (κ2) is 6.24. The Morgan fingerprint density at radius 3 is 2.85 bits per heavy atom. The van der Waals surface area contributed by atoms with Gasteiger partial charge in [0, 0.05) is 13.1 Å². The Labute approximate surface area is 121 Å². The molecule has 0 amide bonds. The van der Waals surface area contributed by atoms with Gasteiger partial charge in [-0.1, -0.05) is 29.8 Å². The second-order valence-corrected chi connectivity index (χ2v) is 7.72. The van der Waals surface area contributed by atoms with Gasteiger partial charge in [0.05, 0.1) is 11.9 Å². The van der Waals surface area contributed by atoms with Crippen molar-refractivity contribution in [1.82, 2.24) is 4.31 Å². The molecule has 20 heavy (non-hydrogen) atoms. The molecule has 5 heteroatoms. The van der Waals surface area contributed by atoms with Gasteiger partial charge in [-0.05, 0) is 38.2 Å². The Morgan fingerprint density at radius 1 is 1.45 bits per heavy atom. The van der Waals surface area contributed by atoms with Crippen molar-refractivity contribution >= 4 is 10.0 Å². The van der Waals surface area contributed by atoms with E-state index in [-0.39, 0.29) is 11.7 Å². The van der Waals surface area contributed by atoms with E-state index in [9.17, 15) is 13.5 Å². The first-order chi connectivity index (χ1) is 9.38. The highest BCUT2D eigenvalue weighted by atomic mass is 32.2. The standard InChI is InChI=1S/C15H23NO3S/c1-12-5-3-6-14(9-12)11-20(18,19)16-8-4-7-15(10-16)13(2)17/h3,5-6,9,13,15,17H,4,7-8,10-11H2,1-2H3. The normalized spacial score (nSPS) is 22.6. The molecular weight excluding hydrogens is 274 g/mol. The van der Waals surface area contributed by atoms with Crippen LogP contribution in [0.4, 0.5) is 0 Å². The molecule has 1 aromatic rings. The molecule has 112 valence electrons. The highest BCUT2D eigenvalue weighted by Gasteiger charge is 2.30. The van der Waals surface area contributed by atoms with E-state index in [1.54, 1.807) is 6.92 Å². The van der Waals surface area contributed by atoms with Crippen LogP contribution >= 0.6 is 0 Å². The molecule has 2 atom stereocenters. The van der Waals surface area contributed by atoms with Gasteiger partial charge in [0.25, 0.3) is 0 Å². The maximum Gasteiger partial charge on any atom is 0.218 e. The largest absolute Gasteiger partial charge is 0.393 e. The highest BCUT2D eigenvalue weighted by Crippen LogP contribution is 2.23. The summed E-state index contributed by atoms with van der Waals surface area (Å²) in [5.41, 5.74) is 1.89. The van der Waals surface area contributed by atoms with Crippen LogP contribution in [0.25, 0.3) is 0 Å². The van der Waals surface area contributed by atoms with Crippen molar-refractivity contribution in [2.45, 2.75) is 38.5 Å². The molecule has 0 bridgehead atoms. The molecule has 1 N–H and O–H groups in total. The van der Waals surface area contributed by atoms with Crippen molar-refractivity contribution in [2.24, 2.45) is 5.92 Å². The Kier molecular flexibility index (Phi) is 4.83. The van der Waals surface area contributed by atoms with Crippen LogP contribution in [0.3, 0.4) is 0 Å². The Morgan fingerprint density at radius 2 is 2.20 bits per heavy atom. The molecule has 0 saturated carbocycles. The van der Waals surface area contributed by atoms with E-state index in [2.05, 4.69) is 0 Å². The molecule has 1 aromatic carbocycles. The lowest BCUT2D eigenvalue weighted by Gasteiger charge is -2.33. The molecule has 0 spiro atoms. The summed E-state index contributed by atoms with van der Waals surface area (Å²) in [4.78, 5) is 0. The Bertz CT molecular complexity index is 554. The fourth-order valence-corrected chi connectivity index (χ4v) is 4.33. The lowest BCUT2D eigenvalue weighted by Crippen LogP contribution is -2.43. The summed E-state index contributed by atoms with van der Waals surface area (Å²) in [5.74, 6) is 0.0948. The van der Waals surface area contributed by atoms with E-state index in [0.29, 0.717) is 13.1 Å². The van der Waals surface area contributed by atoms with Gasteiger partial charge in [-0.3, -0.25) is 0 Å². The number of aliphatic hydroxyl groups is 1. The van der Waals surface area contributed by atoms with Crippen LogP contribution in [0.2, 0.25) is 0 Å². The van der Waals surface area contributed by atoms with Crippen LogP contribution in [-0.4, -0.2) is 37.0 Å². The molecular formula is C15H23NO3S. The number of nitrogens with zero attached hydrogens (tertiary/aromatic N) is 1. The second-order valence-electron chi connectivity index (χ2n) is 5.75. The molecule has 2 rings (SSSR count). The summed E-state index contributed by atoms with van der Waals surface area (Å²) in [6.07, 6.45) is 1.27. The number of sulfonamides is 1. The van der Waals surface area contributed by atoms with Crippen LogP contribution < -0.4 is 0 Å². The number of hydrogen-bond donors (Lipinski definition) is 1. The molecule has 0 aromatic heterocycles. The summed E-state index contributed by atoms with van der Waals surface area (Å²) in [6.45, 7) is 4.70. The van der Waals surface area contributed by atoms with E-state index in [0.717, 1.165) is 24.0 Å². The third-order valence-corrected chi connectivity index (χ3v) is 5.74. The number of hydrogen-bond acceptors (Lipinski definition) is 3. The molecule has 1 fully saturated rings. The van der Waals surface area contributed by atoms with Gasteiger partial charge in [-0.2, -0.15) is 0 Å². The van der Waals surface area contributed by atoms with Crippen LogP contribution in [-0.2, 0) is 15.8 Å². The van der Waals surface area contributed by atoms with Gasteiger partial charge in [-0.15, -0.1) is 0 Å². The highest BCUT2D eigenvalue weighted by molar-refractivity contribution is 7.88. The lowest BCUT2D eigenvalue weighted by atomic mass is 9.95.